The Hall–Kier alpha value is -5.54. The fraction of sp³-hybridized carbons (Fsp3) is 0.111. The fourth-order valence-electron chi connectivity index (χ4n) is 4.57. The highest BCUT2D eigenvalue weighted by atomic mass is 16.5. The van der Waals surface area contributed by atoms with E-state index >= 15 is 0 Å². The molecule has 2 unspecified atom stereocenters. The molecule has 0 saturated carbocycles. The summed E-state index contributed by atoms with van der Waals surface area (Å²) in [6.07, 6.45) is 3.00. The van der Waals surface area contributed by atoms with Crippen molar-refractivity contribution in [2.45, 2.75) is 26.0 Å². The number of rotatable bonds is 10. The Kier molecular flexibility index (Phi) is 8.81. The topological polar surface area (TPSA) is 77.3 Å². The van der Waals surface area contributed by atoms with E-state index in [-0.39, 0.29) is 12.1 Å². The van der Waals surface area contributed by atoms with Crippen LogP contribution in [0.4, 0.5) is 5.69 Å². The minimum Gasteiger partial charge on any atom is -0.486 e. The number of hydrogen-bond acceptors (Lipinski definition) is 6. The number of hydrogen-bond donors (Lipinski definition) is 0. The van der Waals surface area contributed by atoms with E-state index in [1.54, 1.807) is 24.3 Å². The SMILES string of the molecule is CC(N=C=O)c1ccc(-c2ccc(Oc3cccc(OC(C)c4ccc(-c5ccc(N=C=O)cc5)cc4)c3)cc2)cc1. The summed E-state index contributed by atoms with van der Waals surface area (Å²) >= 11 is 0. The second-order valence-corrected chi connectivity index (χ2v) is 9.75. The van der Waals surface area contributed by atoms with Gasteiger partial charge in [-0.2, -0.15) is 9.98 Å². The average molecular weight is 553 g/mol. The van der Waals surface area contributed by atoms with Crippen LogP contribution in [0.1, 0.15) is 37.1 Å². The van der Waals surface area contributed by atoms with Gasteiger partial charge in [-0.1, -0.05) is 78.9 Å². The molecule has 0 radical (unpaired) electrons. The molecule has 42 heavy (non-hydrogen) atoms. The lowest BCUT2D eigenvalue weighted by Gasteiger charge is -2.16. The van der Waals surface area contributed by atoms with Crippen molar-refractivity contribution in [3.63, 3.8) is 0 Å². The summed E-state index contributed by atoms with van der Waals surface area (Å²) < 4.78 is 12.3. The molecule has 6 heteroatoms. The Balaban J connectivity index is 1.20. The molecule has 0 N–H and O–H groups in total. The van der Waals surface area contributed by atoms with Gasteiger partial charge in [0.25, 0.3) is 0 Å². The highest BCUT2D eigenvalue weighted by molar-refractivity contribution is 5.67. The number of benzene rings is 5. The van der Waals surface area contributed by atoms with Crippen LogP contribution in [0.2, 0.25) is 0 Å². The standard InChI is InChI=1S/C36H28N2O4/c1-25(37-23-39)27-6-10-29(11-7-27)32-16-20-34(21-17-32)42-36-5-3-4-35(22-36)41-26(2)28-8-12-30(13-9-28)31-14-18-33(19-15-31)38-24-40/h3-22,25-26H,1-2H3. The number of nitrogens with zero attached hydrogens (tertiary/aromatic N) is 2. The smallest absolute Gasteiger partial charge is 0.240 e. The van der Waals surface area contributed by atoms with Crippen LogP contribution in [0.5, 0.6) is 17.2 Å². The zero-order chi connectivity index (χ0) is 29.3. The molecule has 206 valence electrons. The largest absolute Gasteiger partial charge is 0.486 e. The summed E-state index contributed by atoms with van der Waals surface area (Å²) in [5.41, 5.74) is 6.80. The van der Waals surface area contributed by atoms with Gasteiger partial charge in [0.05, 0.1) is 11.7 Å². The predicted octanol–water partition coefficient (Wildman–Crippen LogP) is 9.32. The molecule has 6 nitrogen and oxygen atoms in total. The van der Waals surface area contributed by atoms with Crippen molar-refractivity contribution >= 4 is 17.8 Å². The van der Waals surface area contributed by atoms with E-state index in [4.69, 9.17) is 9.47 Å². The molecule has 0 fully saturated rings. The van der Waals surface area contributed by atoms with Crippen LogP contribution in [-0.2, 0) is 9.59 Å². The van der Waals surface area contributed by atoms with Crippen molar-refractivity contribution in [3.8, 4) is 39.5 Å². The van der Waals surface area contributed by atoms with E-state index in [1.807, 2.05) is 123 Å². The van der Waals surface area contributed by atoms with Crippen LogP contribution in [0, 0.1) is 0 Å². The van der Waals surface area contributed by atoms with Gasteiger partial charge in [-0.15, -0.1) is 0 Å². The summed E-state index contributed by atoms with van der Waals surface area (Å²) in [7, 11) is 0. The van der Waals surface area contributed by atoms with Crippen LogP contribution in [0.25, 0.3) is 22.3 Å². The zero-order valence-corrected chi connectivity index (χ0v) is 23.2. The fourth-order valence-corrected chi connectivity index (χ4v) is 4.57. The number of isocyanates is 2. The van der Waals surface area contributed by atoms with E-state index in [9.17, 15) is 9.59 Å². The van der Waals surface area contributed by atoms with Crippen LogP contribution in [-0.4, -0.2) is 12.2 Å². The molecule has 0 bridgehead atoms. The van der Waals surface area contributed by atoms with Gasteiger partial charge in [-0.25, -0.2) is 9.59 Å². The van der Waals surface area contributed by atoms with E-state index in [0.717, 1.165) is 39.1 Å². The summed E-state index contributed by atoms with van der Waals surface area (Å²) in [5.74, 6) is 2.11. The molecule has 5 aromatic carbocycles. The third-order valence-electron chi connectivity index (χ3n) is 6.94. The maximum Gasteiger partial charge on any atom is 0.240 e. The molecule has 0 heterocycles. The van der Waals surface area contributed by atoms with Gasteiger partial charge in [0.15, 0.2) is 0 Å². The quantitative estimate of drug-likeness (QED) is 0.128. The molecule has 0 saturated heterocycles. The number of ether oxygens (including phenoxy) is 2. The number of aliphatic imine (C=N–C) groups is 2. The summed E-state index contributed by atoms with van der Waals surface area (Å²) in [6, 6.07) is 38.9. The molecule has 0 aliphatic heterocycles. The monoisotopic (exact) mass is 552 g/mol. The highest BCUT2D eigenvalue weighted by Gasteiger charge is 2.10. The van der Waals surface area contributed by atoms with Crippen molar-refractivity contribution in [3.05, 3.63) is 132 Å². The lowest BCUT2D eigenvalue weighted by molar-refractivity contribution is 0.226. The third-order valence-corrected chi connectivity index (χ3v) is 6.94. The second-order valence-electron chi connectivity index (χ2n) is 9.75. The predicted molar refractivity (Wildman–Crippen MR) is 164 cm³/mol. The van der Waals surface area contributed by atoms with Gasteiger partial charge < -0.3 is 9.47 Å². The van der Waals surface area contributed by atoms with Gasteiger partial charge in [-0.05, 0) is 83.6 Å². The maximum absolute atomic E-state index is 10.5. The third kappa shape index (κ3) is 6.96. The van der Waals surface area contributed by atoms with Gasteiger partial charge in [0.2, 0.25) is 12.2 Å². The maximum atomic E-state index is 10.5. The van der Waals surface area contributed by atoms with E-state index in [2.05, 4.69) is 9.98 Å². The number of carbonyl (C=O) groups excluding carboxylic acids is 2. The molecular weight excluding hydrogens is 524 g/mol. The Morgan fingerprint density at radius 2 is 1.10 bits per heavy atom. The van der Waals surface area contributed by atoms with Crippen LogP contribution < -0.4 is 9.47 Å². The first-order chi connectivity index (χ1) is 20.5. The summed E-state index contributed by atoms with van der Waals surface area (Å²) in [5, 5.41) is 0. The Bertz CT molecular complexity index is 1730. The molecule has 2 atom stereocenters. The molecule has 5 aromatic rings. The summed E-state index contributed by atoms with van der Waals surface area (Å²) in [6.45, 7) is 3.87. The Morgan fingerprint density at radius 1 is 0.571 bits per heavy atom. The minimum atomic E-state index is -0.211. The van der Waals surface area contributed by atoms with E-state index < -0.39 is 0 Å². The van der Waals surface area contributed by atoms with Gasteiger partial charge in [0.1, 0.15) is 23.4 Å². The van der Waals surface area contributed by atoms with Crippen molar-refractivity contribution in [1.29, 1.82) is 0 Å². The Morgan fingerprint density at radius 3 is 1.67 bits per heavy atom. The van der Waals surface area contributed by atoms with Crippen LogP contribution >= 0.6 is 0 Å². The lowest BCUT2D eigenvalue weighted by atomic mass is 10.0. The van der Waals surface area contributed by atoms with Crippen molar-refractivity contribution in [2.24, 2.45) is 9.98 Å². The molecule has 0 amide bonds. The first-order valence-corrected chi connectivity index (χ1v) is 13.5. The normalized spacial score (nSPS) is 11.9. The molecule has 0 aliphatic carbocycles. The average Bonchev–Trinajstić information content (AvgIpc) is 3.02. The zero-order valence-electron chi connectivity index (χ0n) is 23.2. The first kappa shape index (κ1) is 28.0. The highest BCUT2D eigenvalue weighted by Crippen LogP contribution is 2.31. The van der Waals surface area contributed by atoms with Gasteiger partial charge >= 0.3 is 0 Å². The molecule has 0 aliphatic rings. The Labute approximate surface area is 244 Å². The summed E-state index contributed by atoms with van der Waals surface area (Å²) in [4.78, 5) is 28.3. The van der Waals surface area contributed by atoms with Crippen LogP contribution in [0.15, 0.2) is 131 Å². The second kappa shape index (κ2) is 13.2. The molecule has 0 spiro atoms. The van der Waals surface area contributed by atoms with Gasteiger partial charge in [0, 0.05) is 6.07 Å². The molecule has 0 aromatic heterocycles. The van der Waals surface area contributed by atoms with E-state index in [0.29, 0.717) is 17.2 Å². The van der Waals surface area contributed by atoms with E-state index in [1.165, 1.54) is 0 Å². The van der Waals surface area contributed by atoms with Crippen molar-refractivity contribution in [2.75, 3.05) is 0 Å². The van der Waals surface area contributed by atoms with Crippen molar-refractivity contribution < 1.29 is 19.1 Å². The molecule has 5 rings (SSSR count). The van der Waals surface area contributed by atoms with Crippen molar-refractivity contribution in [1.82, 2.24) is 0 Å². The lowest BCUT2D eigenvalue weighted by Crippen LogP contribution is -2.03. The van der Waals surface area contributed by atoms with Crippen LogP contribution in [0.3, 0.4) is 0 Å². The first-order valence-electron chi connectivity index (χ1n) is 13.5. The minimum absolute atomic E-state index is 0.169. The van der Waals surface area contributed by atoms with Gasteiger partial charge in [-0.3, -0.25) is 0 Å². The molecular formula is C36H28N2O4.